The zero-order chi connectivity index (χ0) is 16.9. The standard InChI is InChI=1S/C19H26N2O2/c1-14(2)17-6-4-16(5-7-17)12-15(3)21-18(22)19(13-20)8-10-23-11-9-19/h4-7,14-15H,8-12H2,1-3H3,(H,21,22). The molecule has 1 atom stereocenters. The molecule has 23 heavy (non-hydrogen) atoms. The van der Waals surface area contributed by atoms with Gasteiger partial charge in [-0.3, -0.25) is 4.79 Å². The molecular formula is C19H26N2O2. The molecule has 1 N–H and O–H groups in total. The highest BCUT2D eigenvalue weighted by Gasteiger charge is 2.40. The van der Waals surface area contributed by atoms with E-state index in [1.807, 2.05) is 6.92 Å². The van der Waals surface area contributed by atoms with E-state index in [-0.39, 0.29) is 11.9 Å². The van der Waals surface area contributed by atoms with Crippen LogP contribution in [-0.2, 0) is 16.0 Å². The minimum Gasteiger partial charge on any atom is -0.381 e. The normalized spacial score (nSPS) is 18.2. The first kappa shape index (κ1) is 17.5. The molecule has 1 aliphatic heterocycles. The van der Waals surface area contributed by atoms with Crippen molar-refractivity contribution in [1.29, 1.82) is 5.26 Å². The quantitative estimate of drug-likeness (QED) is 0.908. The first-order chi connectivity index (χ1) is 11.0. The number of amides is 1. The van der Waals surface area contributed by atoms with Crippen molar-refractivity contribution in [2.75, 3.05) is 13.2 Å². The number of rotatable bonds is 5. The molecule has 0 aromatic heterocycles. The summed E-state index contributed by atoms with van der Waals surface area (Å²) in [6.07, 6.45) is 1.72. The minimum absolute atomic E-state index is 0.000435. The van der Waals surface area contributed by atoms with Crippen molar-refractivity contribution in [3.63, 3.8) is 0 Å². The predicted octanol–water partition coefficient (Wildman–Crippen LogP) is 3.18. The predicted molar refractivity (Wildman–Crippen MR) is 89.9 cm³/mol. The van der Waals surface area contributed by atoms with Crippen LogP contribution in [0.5, 0.6) is 0 Å². The summed E-state index contributed by atoms with van der Waals surface area (Å²) in [6.45, 7) is 7.29. The summed E-state index contributed by atoms with van der Waals surface area (Å²) in [4.78, 5) is 12.5. The van der Waals surface area contributed by atoms with E-state index >= 15 is 0 Å². The summed E-state index contributed by atoms with van der Waals surface area (Å²) in [5.74, 6) is 0.361. The van der Waals surface area contributed by atoms with Crippen molar-refractivity contribution in [2.45, 2.75) is 52.0 Å². The lowest BCUT2D eigenvalue weighted by Crippen LogP contribution is -2.47. The van der Waals surface area contributed by atoms with Gasteiger partial charge in [0.05, 0.1) is 6.07 Å². The van der Waals surface area contributed by atoms with Crippen LogP contribution in [0.1, 0.15) is 50.7 Å². The second kappa shape index (κ2) is 7.61. The van der Waals surface area contributed by atoms with Gasteiger partial charge in [-0.25, -0.2) is 0 Å². The Balaban J connectivity index is 1.94. The van der Waals surface area contributed by atoms with Crippen LogP contribution in [0, 0.1) is 16.7 Å². The number of nitriles is 1. The van der Waals surface area contributed by atoms with Crippen LogP contribution in [-0.4, -0.2) is 25.2 Å². The van der Waals surface area contributed by atoms with Gasteiger partial charge in [0.2, 0.25) is 5.91 Å². The number of benzene rings is 1. The molecule has 0 saturated carbocycles. The lowest BCUT2D eigenvalue weighted by molar-refractivity contribution is -0.133. The molecule has 1 saturated heterocycles. The second-order valence-corrected chi connectivity index (χ2v) is 6.78. The van der Waals surface area contributed by atoms with Gasteiger partial charge in [0.25, 0.3) is 0 Å². The largest absolute Gasteiger partial charge is 0.381 e. The Morgan fingerprint density at radius 3 is 2.39 bits per heavy atom. The summed E-state index contributed by atoms with van der Waals surface area (Å²) in [5, 5.41) is 12.4. The Kier molecular flexibility index (Phi) is 5.79. The first-order valence-corrected chi connectivity index (χ1v) is 8.35. The van der Waals surface area contributed by atoms with E-state index in [4.69, 9.17) is 4.74 Å². The number of nitrogens with one attached hydrogen (secondary N) is 1. The molecule has 2 rings (SSSR count). The Bertz CT molecular complexity index is 566. The smallest absolute Gasteiger partial charge is 0.240 e. The lowest BCUT2D eigenvalue weighted by atomic mass is 9.80. The summed E-state index contributed by atoms with van der Waals surface area (Å²) < 4.78 is 5.28. The van der Waals surface area contributed by atoms with Crippen molar-refractivity contribution >= 4 is 5.91 Å². The molecule has 1 aromatic carbocycles. The lowest BCUT2D eigenvalue weighted by Gasteiger charge is -2.30. The van der Waals surface area contributed by atoms with Crippen molar-refractivity contribution in [3.8, 4) is 6.07 Å². The van der Waals surface area contributed by atoms with E-state index in [1.54, 1.807) is 0 Å². The molecule has 0 radical (unpaired) electrons. The molecule has 1 heterocycles. The van der Waals surface area contributed by atoms with E-state index < -0.39 is 5.41 Å². The number of carbonyl (C=O) groups excluding carboxylic acids is 1. The Hall–Kier alpha value is -1.86. The van der Waals surface area contributed by atoms with Crippen LogP contribution in [0.4, 0.5) is 0 Å². The second-order valence-electron chi connectivity index (χ2n) is 6.78. The molecule has 1 fully saturated rings. The van der Waals surface area contributed by atoms with Gasteiger partial charge in [-0.05, 0) is 43.2 Å². The topological polar surface area (TPSA) is 62.1 Å². The van der Waals surface area contributed by atoms with Crippen LogP contribution in [0.15, 0.2) is 24.3 Å². The maximum atomic E-state index is 12.5. The first-order valence-electron chi connectivity index (χ1n) is 8.35. The third kappa shape index (κ3) is 4.33. The van der Waals surface area contributed by atoms with Crippen molar-refractivity contribution in [2.24, 2.45) is 5.41 Å². The van der Waals surface area contributed by atoms with Gasteiger partial charge in [0.15, 0.2) is 0 Å². The highest BCUT2D eigenvalue weighted by atomic mass is 16.5. The van der Waals surface area contributed by atoms with Crippen molar-refractivity contribution in [3.05, 3.63) is 35.4 Å². The van der Waals surface area contributed by atoms with E-state index in [2.05, 4.69) is 49.5 Å². The van der Waals surface area contributed by atoms with Gasteiger partial charge in [-0.15, -0.1) is 0 Å². The molecule has 4 heteroatoms. The molecule has 0 spiro atoms. The SMILES string of the molecule is CC(Cc1ccc(C(C)C)cc1)NC(=O)C1(C#N)CCOCC1. The molecule has 124 valence electrons. The monoisotopic (exact) mass is 314 g/mol. The average Bonchev–Trinajstić information content (AvgIpc) is 2.55. The summed E-state index contributed by atoms with van der Waals surface area (Å²) >= 11 is 0. The maximum absolute atomic E-state index is 12.5. The third-order valence-electron chi connectivity index (χ3n) is 4.56. The molecule has 0 bridgehead atoms. The Morgan fingerprint density at radius 1 is 1.26 bits per heavy atom. The van der Waals surface area contributed by atoms with Gasteiger partial charge in [0.1, 0.15) is 5.41 Å². The average molecular weight is 314 g/mol. The highest BCUT2D eigenvalue weighted by molar-refractivity contribution is 5.85. The molecule has 0 aliphatic carbocycles. The van der Waals surface area contributed by atoms with Crippen LogP contribution in [0.2, 0.25) is 0 Å². The molecule has 4 nitrogen and oxygen atoms in total. The number of nitrogens with zero attached hydrogens (tertiary/aromatic N) is 1. The maximum Gasteiger partial charge on any atom is 0.240 e. The van der Waals surface area contributed by atoms with Crippen LogP contribution in [0.25, 0.3) is 0 Å². The molecule has 1 amide bonds. The third-order valence-corrected chi connectivity index (χ3v) is 4.56. The van der Waals surface area contributed by atoms with Crippen LogP contribution >= 0.6 is 0 Å². The van der Waals surface area contributed by atoms with Gasteiger partial charge in [0, 0.05) is 19.3 Å². The fourth-order valence-electron chi connectivity index (χ4n) is 2.91. The number of hydrogen-bond donors (Lipinski definition) is 1. The van der Waals surface area contributed by atoms with Crippen molar-refractivity contribution in [1.82, 2.24) is 5.32 Å². The van der Waals surface area contributed by atoms with Crippen molar-refractivity contribution < 1.29 is 9.53 Å². The van der Waals surface area contributed by atoms with E-state index in [1.165, 1.54) is 11.1 Å². The Labute approximate surface area is 138 Å². The zero-order valence-electron chi connectivity index (χ0n) is 14.3. The van der Waals surface area contributed by atoms with E-state index in [0.29, 0.717) is 32.0 Å². The summed E-state index contributed by atoms with van der Waals surface area (Å²) in [7, 11) is 0. The molecular weight excluding hydrogens is 288 g/mol. The molecule has 1 aliphatic rings. The van der Waals surface area contributed by atoms with Gasteiger partial charge in [-0.1, -0.05) is 38.1 Å². The highest BCUT2D eigenvalue weighted by Crippen LogP contribution is 2.30. The summed E-state index contributed by atoms with van der Waals surface area (Å²) in [5.41, 5.74) is 1.59. The number of ether oxygens (including phenoxy) is 1. The summed E-state index contributed by atoms with van der Waals surface area (Å²) in [6, 6.07) is 10.7. The van der Waals surface area contributed by atoms with E-state index in [0.717, 1.165) is 6.42 Å². The number of carbonyl (C=O) groups is 1. The molecule has 1 unspecified atom stereocenters. The Morgan fingerprint density at radius 2 is 1.87 bits per heavy atom. The van der Waals surface area contributed by atoms with E-state index in [9.17, 15) is 10.1 Å². The fourth-order valence-corrected chi connectivity index (χ4v) is 2.91. The van der Waals surface area contributed by atoms with Crippen LogP contribution < -0.4 is 5.32 Å². The number of hydrogen-bond acceptors (Lipinski definition) is 3. The molecule has 1 aromatic rings. The van der Waals surface area contributed by atoms with Gasteiger partial charge >= 0.3 is 0 Å². The van der Waals surface area contributed by atoms with Crippen LogP contribution in [0.3, 0.4) is 0 Å². The minimum atomic E-state index is -0.923. The fraction of sp³-hybridized carbons (Fsp3) is 0.579. The zero-order valence-corrected chi connectivity index (χ0v) is 14.3. The van der Waals surface area contributed by atoms with Gasteiger partial charge in [-0.2, -0.15) is 5.26 Å². The van der Waals surface area contributed by atoms with Gasteiger partial charge < -0.3 is 10.1 Å².